The maximum absolute atomic E-state index is 12.2. The summed E-state index contributed by atoms with van der Waals surface area (Å²) in [7, 11) is 0. The monoisotopic (exact) mass is 258 g/mol. The van der Waals surface area contributed by atoms with E-state index in [1.165, 1.54) is 0 Å². The van der Waals surface area contributed by atoms with Gasteiger partial charge in [-0.2, -0.15) is 0 Å². The minimum absolute atomic E-state index is 0.128. The SMILES string of the molecule is CC1(C)OC2OC([C@@H]3COC(C)(C)O3)C(=O)C2O1. The van der Waals surface area contributed by atoms with Crippen LogP contribution in [0.2, 0.25) is 0 Å². The molecule has 3 saturated heterocycles. The molecular formula is C12H18O6. The van der Waals surface area contributed by atoms with Crippen molar-refractivity contribution in [2.45, 2.75) is 63.9 Å². The molecule has 3 aliphatic rings. The van der Waals surface area contributed by atoms with Gasteiger partial charge in [-0.15, -0.1) is 0 Å². The molecule has 0 aromatic heterocycles. The maximum Gasteiger partial charge on any atom is 0.198 e. The fourth-order valence-corrected chi connectivity index (χ4v) is 2.53. The van der Waals surface area contributed by atoms with Crippen LogP contribution in [0.25, 0.3) is 0 Å². The van der Waals surface area contributed by atoms with Gasteiger partial charge in [-0.25, -0.2) is 0 Å². The van der Waals surface area contributed by atoms with Crippen molar-refractivity contribution in [3.05, 3.63) is 0 Å². The predicted octanol–water partition coefficient (Wildman–Crippen LogP) is 0.583. The first-order chi connectivity index (χ1) is 8.27. The Morgan fingerprint density at radius 2 is 1.72 bits per heavy atom. The van der Waals surface area contributed by atoms with Gasteiger partial charge in [0.25, 0.3) is 0 Å². The summed E-state index contributed by atoms with van der Waals surface area (Å²) in [5.74, 6) is -1.58. The zero-order valence-electron chi connectivity index (χ0n) is 11.0. The van der Waals surface area contributed by atoms with Crippen LogP contribution in [0, 0.1) is 0 Å². The molecule has 0 N–H and O–H groups in total. The molecule has 0 radical (unpaired) electrons. The summed E-state index contributed by atoms with van der Waals surface area (Å²) in [6.07, 6.45) is -2.35. The van der Waals surface area contributed by atoms with Crippen molar-refractivity contribution in [3.63, 3.8) is 0 Å². The lowest BCUT2D eigenvalue weighted by molar-refractivity contribution is -0.219. The van der Waals surface area contributed by atoms with Gasteiger partial charge in [0.1, 0.15) is 6.10 Å². The fraction of sp³-hybridized carbons (Fsp3) is 0.917. The molecule has 3 aliphatic heterocycles. The van der Waals surface area contributed by atoms with E-state index in [-0.39, 0.29) is 5.78 Å². The van der Waals surface area contributed by atoms with Crippen LogP contribution in [0.15, 0.2) is 0 Å². The summed E-state index contributed by atoms with van der Waals surface area (Å²) in [5.41, 5.74) is 0. The first-order valence-corrected chi connectivity index (χ1v) is 6.14. The summed E-state index contributed by atoms with van der Waals surface area (Å²) in [4.78, 5) is 12.2. The van der Waals surface area contributed by atoms with E-state index in [0.29, 0.717) is 6.61 Å². The van der Waals surface area contributed by atoms with Crippen LogP contribution in [-0.4, -0.2) is 48.6 Å². The summed E-state index contributed by atoms with van der Waals surface area (Å²) in [6, 6.07) is 0. The normalized spacial score (nSPS) is 45.4. The molecule has 0 amide bonds. The highest BCUT2D eigenvalue weighted by atomic mass is 16.8. The second-order valence-electron chi connectivity index (χ2n) is 5.75. The molecule has 6 heteroatoms. The molecule has 3 fully saturated rings. The number of fused-ring (bicyclic) bond motifs is 1. The Balaban J connectivity index is 1.70. The maximum atomic E-state index is 12.2. The number of ether oxygens (including phenoxy) is 5. The molecule has 6 nitrogen and oxygen atoms in total. The van der Waals surface area contributed by atoms with Crippen molar-refractivity contribution in [1.82, 2.24) is 0 Å². The Morgan fingerprint density at radius 1 is 1.00 bits per heavy atom. The van der Waals surface area contributed by atoms with Gasteiger partial charge in [-0.05, 0) is 27.7 Å². The Hall–Kier alpha value is -0.530. The lowest BCUT2D eigenvalue weighted by atomic mass is 10.1. The number of hydrogen-bond acceptors (Lipinski definition) is 6. The lowest BCUT2D eigenvalue weighted by Gasteiger charge is -2.23. The van der Waals surface area contributed by atoms with Crippen LogP contribution < -0.4 is 0 Å². The standard InChI is InChI=1S/C12H18O6/c1-11(2)14-5-6(16-11)8-7(13)9-10(15-8)18-12(3,4)17-9/h6,8-10H,5H2,1-4H3/t6-,8?,9?,10?/m0/s1. The van der Waals surface area contributed by atoms with E-state index in [1.807, 2.05) is 13.8 Å². The number of ketones is 1. The minimum Gasteiger partial charge on any atom is -0.348 e. The van der Waals surface area contributed by atoms with E-state index < -0.39 is 36.2 Å². The number of Topliss-reactive ketones (excluding diaryl/α,β-unsaturated/α-hetero) is 1. The molecule has 0 aromatic carbocycles. The van der Waals surface area contributed by atoms with Crippen molar-refractivity contribution in [1.29, 1.82) is 0 Å². The molecule has 0 bridgehead atoms. The van der Waals surface area contributed by atoms with E-state index in [0.717, 1.165) is 0 Å². The Kier molecular flexibility index (Phi) is 2.60. The van der Waals surface area contributed by atoms with Gasteiger partial charge in [0.05, 0.1) is 6.61 Å². The van der Waals surface area contributed by atoms with Gasteiger partial charge in [0, 0.05) is 0 Å². The smallest absolute Gasteiger partial charge is 0.198 e. The Labute approximate surface area is 105 Å². The third-order valence-corrected chi connectivity index (χ3v) is 3.27. The molecule has 102 valence electrons. The number of rotatable bonds is 1. The fourth-order valence-electron chi connectivity index (χ4n) is 2.53. The van der Waals surface area contributed by atoms with Crippen LogP contribution in [0.5, 0.6) is 0 Å². The van der Waals surface area contributed by atoms with E-state index in [4.69, 9.17) is 23.7 Å². The lowest BCUT2D eigenvalue weighted by Crippen LogP contribution is -2.39. The van der Waals surface area contributed by atoms with Crippen molar-refractivity contribution in [2.75, 3.05) is 6.61 Å². The number of carbonyl (C=O) groups is 1. The zero-order valence-corrected chi connectivity index (χ0v) is 11.0. The zero-order chi connectivity index (χ0) is 13.1. The first kappa shape index (κ1) is 12.5. The topological polar surface area (TPSA) is 63.2 Å². The Bertz CT molecular complexity index is 377. The van der Waals surface area contributed by atoms with Crippen LogP contribution in [0.1, 0.15) is 27.7 Å². The molecule has 0 aromatic rings. The quantitative estimate of drug-likeness (QED) is 0.685. The van der Waals surface area contributed by atoms with E-state index in [9.17, 15) is 4.79 Å². The summed E-state index contributed by atoms with van der Waals surface area (Å²) >= 11 is 0. The average Bonchev–Trinajstić information content (AvgIpc) is 2.81. The number of carbonyl (C=O) groups excluding carboxylic acids is 1. The van der Waals surface area contributed by atoms with Gasteiger partial charge in [0.15, 0.2) is 35.9 Å². The molecule has 0 aliphatic carbocycles. The molecule has 0 saturated carbocycles. The molecule has 0 spiro atoms. The highest BCUT2D eigenvalue weighted by Crippen LogP contribution is 2.38. The third kappa shape index (κ3) is 1.98. The first-order valence-electron chi connectivity index (χ1n) is 6.14. The minimum atomic E-state index is -0.776. The van der Waals surface area contributed by atoms with Crippen molar-refractivity contribution in [3.8, 4) is 0 Å². The van der Waals surface area contributed by atoms with E-state index in [1.54, 1.807) is 13.8 Å². The second-order valence-corrected chi connectivity index (χ2v) is 5.75. The largest absolute Gasteiger partial charge is 0.348 e. The Morgan fingerprint density at radius 3 is 2.28 bits per heavy atom. The summed E-state index contributed by atoms with van der Waals surface area (Å²) in [5, 5.41) is 0. The van der Waals surface area contributed by atoms with Gasteiger partial charge in [-0.3, -0.25) is 4.79 Å². The number of hydrogen-bond donors (Lipinski definition) is 0. The average molecular weight is 258 g/mol. The third-order valence-electron chi connectivity index (χ3n) is 3.27. The van der Waals surface area contributed by atoms with Crippen LogP contribution in [0.3, 0.4) is 0 Å². The van der Waals surface area contributed by atoms with Crippen molar-refractivity contribution < 1.29 is 28.5 Å². The van der Waals surface area contributed by atoms with Crippen LogP contribution in [0.4, 0.5) is 0 Å². The molecule has 18 heavy (non-hydrogen) atoms. The van der Waals surface area contributed by atoms with E-state index in [2.05, 4.69) is 0 Å². The van der Waals surface area contributed by atoms with E-state index >= 15 is 0 Å². The van der Waals surface area contributed by atoms with Crippen molar-refractivity contribution >= 4 is 5.78 Å². The van der Waals surface area contributed by atoms with Crippen LogP contribution >= 0.6 is 0 Å². The van der Waals surface area contributed by atoms with Crippen LogP contribution in [-0.2, 0) is 28.5 Å². The molecule has 4 atom stereocenters. The summed E-state index contributed by atoms with van der Waals surface area (Å²) in [6.45, 7) is 7.48. The van der Waals surface area contributed by atoms with Gasteiger partial charge in [-0.1, -0.05) is 0 Å². The molecule has 3 unspecified atom stereocenters. The second kappa shape index (κ2) is 3.74. The van der Waals surface area contributed by atoms with Crippen molar-refractivity contribution in [2.24, 2.45) is 0 Å². The highest BCUT2D eigenvalue weighted by molar-refractivity contribution is 5.90. The van der Waals surface area contributed by atoms with Gasteiger partial charge < -0.3 is 23.7 Å². The van der Waals surface area contributed by atoms with Gasteiger partial charge >= 0.3 is 0 Å². The molecule has 3 rings (SSSR count). The predicted molar refractivity (Wildman–Crippen MR) is 58.6 cm³/mol. The summed E-state index contributed by atoms with van der Waals surface area (Å²) < 4.78 is 27.7. The highest BCUT2D eigenvalue weighted by Gasteiger charge is 2.57. The molecular weight excluding hydrogens is 240 g/mol. The molecule has 3 heterocycles. The van der Waals surface area contributed by atoms with Gasteiger partial charge in [0.2, 0.25) is 0 Å².